The molecule has 2 fully saturated rings. The topological polar surface area (TPSA) is 40.5 Å². The maximum atomic E-state index is 10.9. The summed E-state index contributed by atoms with van der Waals surface area (Å²) < 4.78 is 0. The van der Waals surface area contributed by atoms with E-state index < -0.39 is 0 Å². The van der Waals surface area contributed by atoms with Gasteiger partial charge in [-0.2, -0.15) is 0 Å². The predicted octanol–water partition coefficient (Wildman–Crippen LogP) is 10.1. The summed E-state index contributed by atoms with van der Waals surface area (Å²) in [6, 6.07) is 22.8. The zero-order valence-corrected chi connectivity index (χ0v) is 23.6. The van der Waals surface area contributed by atoms with E-state index in [2.05, 4.69) is 57.2 Å². The van der Waals surface area contributed by atoms with E-state index in [1.165, 1.54) is 66.2 Å². The van der Waals surface area contributed by atoms with E-state index >= 15 is 0 Å². The van der Waals surface area contributed by atoms with Gasteiger partial charge in [0.2, 0.25) is 0 Å². The number of rotatable bonds is 2. The van der Waals surface area contributed by atoms with Crippen molar-refractivity contribution in [1.29, 1.82) is 0 Å². The molecule has 3 atom stereocenters. The molecule has 2 nitrogen and oxygen atoms in total. The first kappa shape index (κ1) is 26.4. The van der Waals surface area contributed by atoms with Gasteiger partial charge in [-0.25, -0.2) is 0 Å². The second kappa shape index (κ2) is 10.5. The molecule has 2 bridgehead atoms. The largest absolute Gasteiger partial charge is 0.508 e. The normalized spacial score (nSPS) is 21.9. The molecule has 0 aliphatic heterocycles. The number of hydrogen-bond donors (Lipinski definition) is 2. The van der Waals surface area contributed by atoms with Crippen LogP contribution >= 0.6 is 0 Å². The molecule has 0 aromatic heterocycles. The van der Waals surface area contributed by atoms with Gasteiger partial charge in [0.1, 0.15) is 11.5 Å². The van der Waals surface area contributed by atoms with Gasteiger partial charge in [-0.15, -0.1) is 0 Å². The molecule has 4 aromatic rings. The molecule has 3 aliphatic rings. The van der Waals surface area contributed by atoms with Crippen LogP contribution in [-0.4, -0.2) is 10.2 Å². The third-order valence-electron chi connectivity index (χ3n) is 9.15. The Hall–Kier alpha value is -3.26. The molecule has 3 aliphatic carbocycles. The Kier molecular flexibility index (Phi) is 7.27. The first-order valence-electron chi connectivity index (χ1n) is 14.7. The summed E-state index contributed by atoms with van der Waals surface area (Å²) in [7, 11) is 0. The van der Waals surface area contributed by atoms with Crippen molar-refractivity contribution < 1.29 is 10.2 Å². The lowest BCUT2D eigenvalue weighted by atomic mass is 9.66. The van der Waals surface area contributed by atoms with Crippen molar-refractivity contribution in [2.45, 2.75) is 78.6 Å². The highest BCUT2D eigenvalue weighted by molar-refractivity contribution is 6.05. The van der Waals surface area contributed by atoms with Crippen LogP contribution in [0.4, 0.5) is 0 Å². The number of aromatic hydroxyl groups is 2. The fourth-order valence-electron chi connectivity index (χ4n) is 7.37. The van der Waals surface area contributed by atoms with Crippen LogP contribution in [0.15, 0.2) is 66.7 Å². The first-order valence-corrected chi connectivity index (χ1v) is 14.7. The second-order valence-electron chi connectivity index (χ2n) is 11.2. The summed E-state index contributed by atoms with van der Waals surface area (Å²) >= 11 is 0. The van der Waals surface area contributed by atoms with Crippen LogP contribution in [0.25, 0.3) is 33.0 Å². The summed E-state index contributed by atoms with van der Waals surface area (Å²) in [5.74, 6) is 2.13. The zero-order valence-electron chi connectivity index (χ0n) is 23.6. The van der Waals surface area contributed by atoms with Crippen LogP contribution in [0.1, 0.15) is 82.9 Å². The molecule has 3 unspecified atom stereocenters. The Morgan fingerprint density at radius 3 is 2.21 bits per heavy atom. The molecule has 0 amide bonds. The molecule has 4 aromatic carbocycles. The van der Waals surface area contributed by atoms with Gasteiger partial charge >= 0.3 is 0 Å². The molecule has 1 spiro atoms. The zero-order chi connectivity index (χ0) is 27.0. The Bertz CT molecular complexity index is 1460. The number of hydrogen-bond acceptors (Lipinski definition) is 2. The van der Waals surface area contributed by atoms with Gasteiger partial charge in [0.25, 0.3) is 0 Å². The van der Waals surface area contributed by atoms with Crippen LogP contribution in [-0.2, 0) is 5.41 Å². The van der Waals surface area contributed by atoms with Crippen LogP contribution in [0.3, 0.4) is 0 Å². The number of phenolic OH excluding ortho intramolecular Hbond substituents is 2. The van der Waals surface area contributed by atoms with Gasteiger partial charge in [0, 0.05) is 11.0 Å². The average molecular weight is 507 g/mol. The summed E-state index contributed by atoms with van der Waals surface area (Å²) in [6.07, 6.45) is 7.75. The van der Waals surface area contributed by atoms with E-state index in [1.54, 1.807) is 0 Å². The Balaban J connectivity index is 0.000000451. The van der Waals surface area contributed by atoms with E-state index in [0.29, 0.717) is 17.4 Å². The van der Waals surface area contributed by atoms with Crippen LogP contribution in [0.2, 0.25) is 0 Å². The molecule has 2 heteroatoms. The molecule has 2 N–H and O–H groups in total. The Morgan fingerprint density at radius 2 is 1.55 bits per heavy atom. The van der Waals surface area contributed by atoms with Crippen molar-refractivity contribution in [3.8, 4) is 33.8 Å². The smallest absolute Gasteiger partial charge is 0.124 e. The summed E-state index contributed by atoms with van der Waals surface area (Å²) in [6.45, 7) is 10.5. The monoisotopic (exact) mass is 506 g/mol. The van der Waals surface area contributed by atoms with E-state index in [-0.39, 0.29) is 5.41 Å². The molecule has 0 saturated heterocycles. The van der Waals surface area contributed by atoms with Gasteiger partial charge in [0.15, 0.2) is 0 Å². The number of aryl methyl sites for hydroxylation is 1. The van der Waals surface area contributed by atoms with Crippen molar-refractivity contribution in [3.63, 3.8) is 0 Å². The molecule has 0 radical (unpaired) electrons. The SMILES string of the molecule is CC.CCCC.Cc1ccccc1-c1cc2c3c(ccc2cc1O)C1(CC2CCC1C2)c1cc(O)ccc1-3. The first-order chi connectivity index (χ1) is 18.5. The highest BCUT2D eigenvalue weighted by Crippen LogP contribution is 2.66. The minimum absolute atomic E-state index is 0.0290. The lowest BCUT2D eigenvalue weighted by molar-refractivity contribution is 0.326. The van der Waals surface area contributed by atoms with Gasteiger partial charge < -0.3 is 10.2 Å². The second-order valence-corrected chi connectivity index (χ2v) is 11.2. The lowest BCUT2D eigenvalue weighted by Crippen LogP contribution is -2.31. The van der Waals surface area contributed by atoms with Crippen molar-refractivity contribution in [1.82, 2.24) is 0 Å². The van der Waals surface area contributed by atoms with Gasteiger partial charge in [-0.05, 0) is 106 Å². The summed E-state index contributed by atoms with van der Waals surface area (Å²) in [5.41, 5.74) is 8.46. The number of fused-ring (bicyclic) bond motifs is 10. The molecular weight excluding hydrogens is 464 g/mol. The van der Waals surface area contributed by atoms with Gasteiger partial charge in [-0.3, -0.25) is 0 Å². The molecule has 38 heavy (non-hydrogen) atoms. The van der Waals surface area contributed by atoms with Crippen LogP contribution < -0.4 is 0 Å². The Labute approximate surface area is 228 Å². The Morgan fingerprint density at radius 1 is 0.789 bits per heavy atom. The van der Waals surface area contributed by atoms with E-state index in [4.69, 9.17) is 0 Å². The molecule has 198 valence electrons. The lowest BCUT2D eigenvalue weighted by Gasteiger charge is -2.36. The number of unbranched alkanes of at least 4 members (excludes halogenated alkanes) is 1. The fraction of sp³-hybridized carbons (Fsp3) is 0.389. The van der Waals surface area contributed by atoms with Crippen molar-refractivity contribution in [2.75, 3.05) is 0 Å². The number of phenols is 2. The highest BCUT2D eigenvalue weighted by Gasteiger charge is 2.57. The quantitative estimate of drug-likeness (QED) is 0.284. The van der Waals surface area contributed by atoms with Gasteiger partial charge in [-0.1, -0.05) is 89.4 Å². The van der Waals surface area contributed by atoms with Crippen LogP contribution in [0, 0.1) is 18.8 Å². The maximum Gasteiger partial charge on any atom is 0.124 e. The van der Waals surface area contributed by atoms with E-state index in [0.717, 1.165) is 28.0 Å². The molecular formula is C36H42O2. The van der Waals surface area contributed by atoms with Crippen LogP contribution in [0.5, 0.6) is 11.5 Å². The summed E-state index contributed by atoms with van der Waals surface area (Å²) in [4.78, 5) is 0. The molecule has 2 saturated carbocycles. The third kappa shape index (κ3) is 4.01. The minimum Gasteiger partial charge on any atom is -0.508 e. The number of benzene rings is 4. The standard InChI is InChI=1S/C30H26O2.C4H10.C2H6/c1-17-4-2-3-5-22(17)25-15-24-19(13-28(25)32)7-11-26-29(24)23-10-9-21(31)14-27(23)30(26)16-18-6-8-20(30)12-18;1-3-4-2;1-2/h2-5,7,9-11,13-15,18,20,31-32H,6,8,12,16H2,1H3;3-4H2,1-2H3;1-2H3. The molecule has 0 heterocycles. The highest BCUT2D eigenvalue weighted by atomic mass is 16.3. The van der Waals surface area contributed by atoms with Crippen molar-refractivity contribution in [3.05, 3.63) is 83.4 Å². The summed E-state index contributed by atoms with van der Waals surface area (Å²) in [5, 5.41) is 23.6. The average Bonchev–Trinajstić information content (AvgIpc) is 3.63. The van der Waals surface area contributed by atoms with E-state index in [1.807, 2.05) is 44.2 Å². The predicted molar refractivity (Wildman–Crippen MR) is 161 cm³/mol. The minimum atomic E-state index is 0.0290. The third-order valence-corrected chi connectivity index (χ3v) is 9.15. The van der Waals surface area contributed by atoms with E-state index in [9.17, 15) is 10.2 Å². The van der Waals surface area contributed by atoms with Gasteiger partial charge in [0.05, 0.1) is 0 Å². The molecule has 7 rings (SSSR count). The van der Waals surface area contributed by atoms with Crippen molar-refractivity contribution in [2.24, 2.45) is 11.8 Å². The maximum absolute atomic E-state index is 10.9. The fourth-order valence-corrected chi connectivity index (χ4v) is 7.37. The van der Waals surface area contributed by atoms with Crippen molar-refractivity contribution >= 4 is 10.8 Å².